The van der Waals surface area contributed by atoms with Gasteiger partial charge in [0.2, 0.25) is 0 Å². The largest absolute Gasteiger partial charge is 0.493 e. The fourth-order valence-corrected chi connectivity index (χ4v) is 4.76. The standard InChI is InChI=1S/C26H16ClF3IN3O7/c1-40-21-10-14(9-19(31)22(21)41-12-13-3-2-4-16(7-13)34(38)39)8-17-23(35)32-25(37)33(24(17)36)20-11-15(26(28,29)30)5-6-18(20)27/h2-11H,12H2,1H3,(H,32,35,37)/b17-8-. The highest BCUT2D eigenvalue weighted by atomic mass is 127. The molecule has 4 amide bonds. The number of alkyl halides is 3. The Morgan fingerprint density at radius 3 is 2.51 bits per heavy atom. The zero-order valence-corrected chi connectivity index (χ0v) is 23.5. The van der Waals surface area contributed by atoms with E-state index in [-0.39, 0.29) is 34.4 Å². The SMILES string of the molecule is COc1cc(/C=C2/C(=O)NC(=O)N(c3cc(C(F)(F)F)ccc3Cl)C2=O)cc(I)c1OCc1cccc([N+](=O)[O-])c1. The number of hydrogen-bond acceptors (Lipinski definition) is 7. The van der Waals surface area contributed by atoms with E-state index in [4.69, 9.17) is 21.1 Å². The van der Waals surface area contributed by atoms with Crippen molar-refractivity contribution in [2.45, 2.75) is 12.8 Å². The summed E-state index contributed by atoms with van der Waals surface area (Å²) in [4.78, 5) is 49.2. The van der Waals surface area contributed by atoms with Crippen molar-refractivity contribution >= 4 is 69.5 Å². The average Bonchev–Trinajstić information content (AvgIpc) is 2.90. The summed E-state index contributed by atoms with van der Waals surface area (Å²) >= 11 is 7.94. The molecule has 1 aliphatic heterocycles. The van der Waals surface area contributed by atoms with E-state index in [1.54, 1.807) is 6.07 Å². The maximum Gasteiger partial charge on any atom is 0.416 e. The molecule has 0 aromatic heterocycles. The highest BCUT2D eigenvalue weighted by molar-refractivity contribution is 14.1. The number of non-ortho nitro benzene ring substituents is 1. The van der Waals surface area contributed by atoms with Crippen LogP contribution in [0.15, 0.2) is 60.2 Å². The molecular formula is C26H16ClF3IN3O7. The number of halogens is 5. The van der Waals surface area contributed by atoms with Gasteiger partial charge in [0.05, 0.1) is 31.9 Å². The summed E-state index contributed by atoms with van der Waals surface area (Å²) in [6.07, 6.45) is -3.65. The van der Waals surface area contributed by atoms with Gasteiger partial charge in [0.1, 0.15) is 12.2 Å². The zero-order valence-electron chi connectivity index (χ0n) is 20.6. The topological polar surface area (TPSA) is 128 Å². The molecule has 0 unspecified atom stereocenters. The molecule has 4 rings (SSSR count). The molecule has 0 bridgehead atoms. The van der Waals surface area contributed by atoms with Crippen LogP contribution in [-0.2, 0) is 22.4 Å². The van der Waals surface area contributed by atoms with E-state index < -0.39 is 45.8 Å². The molecule has 3 aromatic rings. The van der Waals surface area contributed by atoms with Crippen LogP contribution in [0, 0.1) is 13.7 Å². The summed E-state index contributed by atoms with van der Waals surface area (Å²) < 4.78 is 51.5. The lowest BCUT2D eigenvalue weighted by Crippen LogP contribution is -2.54. The minimum absolute atomic E-state index is 0.0375. The van der Waals surface area contributed by atoms with Crippen LogP contribution in [0.25, 0.3) is 6.08 Å². The number of benzene rings is 3. The van der Waals surface area contributed by atoms with Gasteiger partial charge in [0.15, 0.2) is 11.5 Å². The minimum Gasteiger partial charge on any atom is -0.493 e. The molecule has 1 N–H and O–H groups in total. The van der Waals surface area contributed by atoms with E-state index in [0.717, 1.165) is 12.1 Å². The van der Waals surface area contributed by atoms with Gasteiger partial charge in [-0.3, -0.25) is 25.0 Å². The number of nitrogens with zero attached hydrogens (tertiary/aromatic N) is 2. The molecule has 41 heavy (non-hydrogen) atoms. The number of hydrogen-bond donors (Lipinski definition) is 1. The van der Waals surface area contributed by atoms with Gasteiger partial charge in [0, 0.05) is 12.1 Å². The number of nitro groups is 1. The van der Waals surface area contributed by atoms with E-state index in [9.17, 15) is 37.7 Å². The molecule has 212 valence electrons. The average molecular weight is 702 g/mol. The molecular weight excluding hydrogens is 686 g/mol. The van der Waals surface area contributed by atoms with Crippen LogP contribution in [0.2, 0.25) is 5.02 Å². The van der Waals surface area contributed by atoms with E-state index in [1.807, 2.05) is 27.9 Å². The summed E-state index contributed by atoms with van der Waals surface area (Å²) in [5.41, 5.74) is -1.59. The van der Waals surface area contributed by atoms with Crippen LogP contribution in [-0.4, -0.2) is 29.9 Å². The minimum atomic E-state index is -4.78. The number of ether oxygens (including phenoxy) is 2. The first-order chi connectivity index (χ1) is 19.3. The van der Waals surface area contributed by atoms with Crippen molar-refractivity contribution in [3.63, 3.8) is 0 Å². The highest BCUT2D eigenvalue weighted by Gasteiger charge is 2.39. The first-order valence-corrected chi connectivity index (χ1v) is 12.8. The second kappa shape index (κ2) is 11.7. The van der Waals surface area contributed by atoms with Gasteiger partial charge in [-0.05, 0) is 70.1 Å². The maximum atomic E-state index is 13.3. The fraction of sp³-hybridized carbons (Fsp3) is 0.115. The van der Waals surface area contributed by atoms with Gasteiger partial charge in [-0.25, -0.2) is 9.69 Å². The van der Waals surface area contributed by atoms with Gasteiger partial charge in [-0.1, -0.05) is 23.7 Å². The highest BCUT2D eigenvalue weighted by Crippen LogP contribution is 2.38. The van der Waals surface area contributed by atoms with Crippen molar-refractivity contribution in [2.24, 2.45) is 0 Å². The smallest absolute Gasteiger partial charge is 0.416 e. The number of amides is 4. The monoisotopic (exact) mass is 701 g/mol. The predicted molar refractivity (Wildman–Crippen MR) is 149 cm³/mol. The Bertz CT molecular complexity index is 1630. The Morgan fingerprint density at radius 2 is 1.85 bits per heavy atom. The third kappa shape index (κ3) is 6.43. The molecule has 10 nitrogen and oxygen atoms in total. The van der Waals surface area contributed by atoms with Crippen molar-refractivity contribution in [1.82, 2.24) is 5.32 Å². The van der Waals surface area contributed by atoms with Crippen LogP contribution in [0.4, 0.5) is 29.3 Å². The number of nitrogens with one attached hydrogen (secondary N) is 1. The molecule has 3 aromatic carbocycles. The Labute approximate surface area is 248 Å². The second-order valence-electron chi connectivity index (χ2n) is 8.37. The van der Waals surface area contributed by atoms with E-state index in [0.29, 0.717) is 26.2 Å². The van der Waals surface area contributed by atoms with Crippen LogP contribution in [0.1, 0.15) is 16.7 Å². The Hall–Kier alpha value is -4.18. The number of barbiturate groups is 1. The van der Waals surface area contributed by atoms with Crippen LogP contribution in [0.5, 0.6) is 11.5 Å². The third-order valence-corrected chi connectivity index (χ3v) is 6.80. The molecule has 0 atom stereocenters. The predicted octanol–water partition coefficient (Wildman–Crippen LogP) is 6.13. The fourth-order valence-electron chi connectivity index (χ4n) is 3.78. The lowest BCUT2D eigenvalue weighted by molar-refractivity contribution is -0.384. The molecule has 0 saturated carbocycles. The molecule has 1 saturated heterocycles. The molecule has 0 radical (unpaired) electrons. The quantitative estimate of drug-likeness (QED) is 0.103. The van der Waals surface area contributed by atoms with Gasteiger partial charge >= 0.3 is 12.2 Å². The van der Waals surface area contributed by atoms with E-state index >= 15 is 0 Å². The number of nitro benzene ring substituents is 1. The number of rotatable bonds is 7. The van der Waals surface area contributed by atoms with Gasteiger partial charge in [-0.2, -0.15) is 13.2 Å². The Morgan fingerprint density at radius 1 is 1.12 bits per heavy atom. The number of methoxy groups -OCH3 is 1. The van der Waals surface area contributed by atoms with E-state index in [1.165, 1.54) is 37.4 Å². The summed E-state index contributed by atoms with van der Waals surface area (Å²) in [6.45, 7) is -0.0375. The summed E-state index contributed by atoms with van der Waals surface area (Å²) in [6, 6.07) is 9.65. The Balaban J connectivity index is 1.66. The summed E-state index contributed by atoms with van der Waals surface area (Å²) in [7, 11) is 1.34. The van der Waals surface area contributed by atoms with Crippen molar-refractivity contribution in [2.75, 3.05) is 12.0 Å². The Kier molecular flexibility index (Phi) is 8.53. The molecule has 1 fully saturated rings. The third-order valence-electron chi connectivity index (χ3n) is 5.68. The van der Waals surface area contributed by atoms with Crippen LogP contribution in [0.3, 0.4) is 0 Å². The van der Waals surface area contributed by atoms with E-state index in [2.05, 4.69) is 0 Å². The number of urea groups is 1. The molecule has 1 aliphatic rings. The number of carbonyl (C=O) groups excluding carboxylic acids is 3. The zero-order chi connectivity index (χ0) is 30.1. The number of carbonyl (C=O) groups is 3. The van der Waals surface area contributed by atoms with Gasteiger partial charge < -0.3 is 9.47 Å². The van der Waals surface area contributed by atoms with Gasteiger partial charge in [0.25, 0.3) is 17.5 Å². The molecule has 0 spiro atoms. The first kappa shape index (κ1) is 29.8. The molecule has 15 heteroatoms. The summed E-state index contributed by atoms with van der Waals surface area (Å²) in [5, 5.41) is 12.6. The van der Waals surface area contributed by atoms with Crippen molar-refractivity contribution in [3.05, 3.63) is 95.6 Å². The second-order valence-corrected chi connectivity index (χ2v) is 9.94. The number of imide groups is 2. The molecule has 1 heterocycles. The lowest BCUT2D eigenvalue weighted by Gasteiger charge is -2.27. The van der Waals surface area contributed by atoms with Crippen LogP contribution >= 0.6 is 34.2 Å². The van der Waals surface area contributed by atoms with Crippen molar-refractivity contribution in [1.29, 1.82) is 0 Å². The maximum absolute atomic E-state index is 13.3. The normalized spacial score (nSPS) is 14.7. The van der Waals surface area contributed by atoms with Crippen molar-refractivity contribution < 1.29 is 42.0 Å². The lowest BCUT2D eigenvalue weighted by atomic mass is 10.1. The van der Waals surface area contributed by atoms with Crippen LogP contribution < -0.4 is 19.7 Å². The summed E-state index contributed by atoms with van der Waals surface area (Å²) in [5.74, 6) is -1.81. The van der Waals surface area contributed by atoms with Crippen molar-refractivity contribution in [3.8, 4) is 11.5 Å². The van der Waals surface area contributed by atoms with Gasteiger partial charge in [-0.15, -0.1) is 0 Å². The first-order valence-electron chi connectivity index (χ1n) is 11.3. The number of anilines is 1. The molecule has 0 aliphatic carbocycles.